The van der Waals surface area contributed by atoms with Crippen molar-refractivity contribution in [3.05, 3.63) is 30.1 Å². The van der Waals surface area contributed by atoms with E-state index in [-0.39, 0.29) is 17.7 Å². The van der Waals surface area contributed by atoms with Crippen molar-refractivity contribution < 1.29 is 9.59 Å². The summed E-state index contributed by atoms with van der Waals surface area (Å²) in [6, 6.07) is 3.71. The molecule has 2 heterocycles. The van der Waals surface area contributed by atoms with Crippen LogP contribution in [0.4, 0.5) is 0 Å². The molecule has 112 valence electrons. The zero-order valence-electron chi connectivity index (χ0n) is 12.5. The van der Waals surface area contributed by atoms with E-state index in [1.807, 2.05) is 23.2 Å². The molecule has 3 unspecified atom stereocenters. The summed E-state index contributed by atoms with van der Waals surface area (Å²) >= 11 is 0. The van der Waals surface area contributed by atoms with Crippen LogP contribution >= 0.6 is 0 Å². The fourth-order valence-corrected chi connectivity index (χ4v) is 4.00. The first-order valence-corrected chi connectivity index (χ1v) is 7.85. The lowest BCUT2D eigenvalue weighted by atomic mass is 9.89. The third kappa shape index (κ3) is 2.85. The number of Topliss-reactive ketones (excluding diaryl/α,β-unsaturated/α-hetero) is 1. The quantitative estimate of drug-likeness (QED) is 0.853. The van der Waals surface area contributed by atoms with E-state index in [1.54, 1.807) is 13.1 Å². The number of carbonyl (C=O) groups excluding carboxylic acids is 2. The molecular formula is C17H22N2O2. The molecule has 1 saturated carbocycles. The summed E-state index contributed by atoms with van der Waals surface area (Å²) in [5, 5.41) is 0. The maximum Gasteiger partial charge on any atom is 0.220 e. The number of ketones is 1. The van der Waals surface area contributed by atoms with Crippen LogP contribution in [0.5, 0.6) is 0 Å². The Morgan fingerprint density at radius 3 is 2.95 bits per heavy atom. The lowest BCUT2D eigenvalue weighted by molar-refractivity contribution is -0.136. The van der Waals surface area contributed by atoms with E-state index in [9.17, 15) is 9.59 Å². The second-order valence-electron chi connectivity index (χ2n) is 6.30. The van der Waals surface area contributed by atoms with E-state index in [4.69, 9.17) is 0 Å². The molecule has 2 aliphatic rings. The van der Waals surface area contributed by atoms with Gasteiger partial charge in [0.2, 0.25) is 5.91 Å². The maximum absolute atomic E-state index is 12.7. The van der Waals surface area contributed by atoms with Crippen molar-refractivity contribution >= 4 is 11.7 Å². The van der Waals surface area contributed by atoms with Gasteiger partial charge in [-0.25, -0.2) is 0 Å². The lowest BCUT2D eigenvalue weighted by Gasteiger charge is -2.25. The summed E-state index contributed by atoms with van der Waals surface area (Å²) in [6.45, 7) is 2.37. The number of hydrogen-bond acceptors (Lipinski definition) is 3. The van der Waals surface area contributed by atoms with Crippen LogP contribution in [0.3, 0.4) is 0 Å². The second-order valence-corrected chi connectivity index (χ2v) is 6.30. The van der Waals surface area contributed by atoms with E-state index in [1.165, 1.54) is 12.8 Å². The summed E-state index contributed by atoms with van der Waals surface area (Å²) in [4.78, 5) is 30.4. The van der Waals surface area contributed by atoms with Crippen LogP contribution < -0.4 is 0 Å². The number of fused-ring (bicyclic) bond motifs is 1. The highest BCUT2D eigenvalue weighted by atomic mass is 16.2. The molecule has 3 atom stereocenters. The largest absolute Gasteiger partial charge is 0.332 e. The van der Waals surface area contributed by atoms with Gasteiger partial charge in [-0.15, -0.1) is 0 Å². The van der Waals surface area contributed by atoms with Gasteiger partial charge >= 0.3 is 0 Å². The fourth-order valence-electron chi connectivity index (χ4n) is 4.00. The second kappa shape index (κ2) is 5.96. The molecule has 0 spiro atoms. The molecule has 1 aliphatic carbocycles. The first kappa shape index (κ1) is 14.2. The topological polar surface area (TPSA) is 50.3 Å². The molecule has 0 radical (unpaired) electrons. The molecule has 1 aromatic rings. The van der Waals surface area contributed by atoms with Crippen molar-refractivity contribution in [3.63, 3.8) is 0 Å². The highest BCUT2D eigenvalue weighted by molar-refractivity contribution is 5.89. The van der Waals surface area contributed by atoms with E-state index >= 15 is 0 Å². The number of amides is 1. The molecule has 1 aliphatic heterocycles. The van der Waals surface area contributed by atoms with Crippen LogP contribution in [-0.4, -0.2) is 34.2 Å². The monoisotopic (exact) mass is 286 g/mol. The molecule has 1 saturated heterocycles. The van der Waals surface area contributed by atoms with Gasteiger partial charge in [0.05, 0.1) is 6.04 Å². The molecule has 0 N–H and O–H groups in total. The van der Waals surface area contributed by atoms with E-state index in [0.29, 0.717) is 24.7 Å². The predicted molar refractivity (Wildman–Crippen MR) is 79.6 cm³/mol. The molecule has 3 rings (SSSR count). The van der Waals surface area contributed by atoms with Crippen LogP contribution in [0.1, 0.15) is 38.2 Å². The first-order chi connectivity index (χ1) is 10.2. The molecule has 1 amide bonds. The fraction of sp³-hybridized carbons (Fsp3) is 0.588. The Balaban J connectivity index is 1.68. The lowest BCUT2D eigenvalue weighted by Crippen LogP contribution is -2.42. The van der Waals surface area contributed by atoms with Crippen LogP contribution in [0.15, 0.2) is 24.5 Å². The molecular weight excluding hydrogens is 264 g/mol. The molecule has 4 nitrogen and oxygen atoms in total. The van der Waals surface area contributed by atoms with E-state index in [2.05, 4.69) is 4.98 Å². The number of rotatable bonds is 4. The average Bonchev–Trinajstić information content (AvgIpc) is 3.06. The van der Waals surface area contributed by atoms with Gasteiger partial charge in [-0.2, -0.15) is 0 Å². The minimum atomic E-state index is -0.174. The number of hydrogen-bond donors (Lipinski definition) is 0. The SMILES string of the molecule is CC(=O)N1CC2CCCC2C1C(=O)CCc1cccnc1. The Labute approximate surface area is 125 Å². The number of pyridine rings is 1. The molecule has 2 fully saturated rings. The predicted octanol–water partition coefficient (Wildman–Crippen LogP) is 2.23. The maximum atomic E-state index is 12.7. The Kier molecular flexibility index (Phi) is 4.04. The molecule has 4 heteroatoms. The minimum absolute atomic E-state index is 0.0455. The number of aromatic nitrogens is 1. The van der Waals surface area contributed by atoms with Gasteiger partial charge in [0.15, 0.2) is 5.78 Å². The van der Waals surface area contributed by atoms with Crippen LogP contribution in [0.2, 0.25) is 0 Å². The zero-order chi connectivity index (χ0) is 14.8. The third-order valence-electron chi connectivity index (χ3n) is 5.01. The van der Waals surface area contributed by atoms with Crippen LogP contribution in [0.25, 0.3) is 0 Å². The highest BCUT2D eigenvalue weighted by Crippen LogP contribution is 2.42. The zero-order valence-corrected chi connectivity index (χ0v) is 12.5. The molecule has 1 aromatic heterocycles. The Morgan fingerprint density at radius 2 is 2.24 bits per heavy atom. The van der Waals surface area contributed by atoms with Gasteiger partial charge in [0.25, 0.3) is 0 Å². The summed E-state index contributed by atoms with van der Waals surface area (Å²) in [5.41, 5.74) is 1.08. The van der Waals surface area contributed by atoms with Crippen molar-refractivity contribution in [2.75, 3.05) is 6.54 Å². The number of likely N-dealkylation sites (tertiary alicyclic amines) is 1. The first-order valence-electron chi connectivity index (χ1n) is 7.85. The summed E-state index contributed by atoms with van der Waals surface area (Å²) < 4.78 is 0. The summed E-state index contributed by atoms with van der Waals surface area (Å²) in [7, 11) is 0. The Morgan fingerprint density at radius 1 is 1.38 bits per heavy atom. The number of nitrogens with zero attached hydrogens (tertiary/aromatic N) is 2. The van der Waals surface area contributed by atoms with Gasteiger partial charge in [-0.3, -0.25) is 14.6 Å². The standard InChI is InChI=1S/C17H22N2O2/c1-12(20)19-11-14-5-2-6-15(14)17(19)16(21)8-7-13-4-3-9-18-10-13/h3-4,9-10,14-15,17H,2,5-8,11H2,1H3. The minimum Gasteiger partial charge on any atom is -0.332 e. The van der Waals surface area contributed by atoms with Crippen molar-refractivity contribution in [2.45, 2.75) is 45.1 Å². The van der Waals surface area contributed by atoms with Crippen molar-refractivity contribution in [1.82, 2.24) is 9.88 Å². The Bertz CT molecular complexity index is 529. The van der Waals surface area contributed by atoms with Gasteiger partial charge in [0.1, 0.15) is 0 Å². The van der Waals surface area contributed by atoms with Gasteiger partial charge in [0, 0.05) is 32.3 Å². The summed E-state index contributed by atoms with van der Waals surface area (Å²) in [5.74, 6) is 1.21. The van der Waals surface area contributed by atoms with Gasteiger partial charge in [-0.05, 0) is 42.7 Å². The molecule has 0 aromatic carbocycles. The van der Waals surface area contributed by atoms with Gasteiger partial charge < -0.3 is 4.90 Å². The molecule has 21 heavy (non-hydrogen) atoms. The normalized spacial score (nSPS) is 27.7. The highest BCUT2D eigenvalue weighted by Gasteiger charge is 2.47. The number of carbonyl (C=O) groups is 2. The van der Waals surface area contributed by atoms with E-state index < -0.39 is 0 Å². The third-order valence-corrected chi connectivity index (χ3v) is 5.01. The van der Waals surface area contributed by atoms with Crippen LogP contribution in [0, 0.1) is 11.8 Å². The van der Waals surface area contributed by atoms with Crippen molar-refractivity contribution in [3.8, 4) is 0 Å². The van der Waals surface area contributed by atoms with Crippen molar-refractivity contribution in [2.24, 2.45) is 11.8 Å². The Hall–Kier alpha value is -1.71. The van der Waals surface area contributed by atoms with Crippen molar-refractivity contribution in [1.29, 1.82) is 0 Å². The smallest absolute Gasteiger partial charge is 0.220 e. The van der Waals surface area contributed by atoms with Gasteiger partial charge in [-0.1, -0.05) is 12.5 Å². The average molecular weight is 286 g/mol. The summed E-state index contributed by atoms with van der Waals surface area (Å²) in [6.07, 6.45) is 8.23. The van der Waals surface area contributed by atoms with Crippen LogP contribution in [-0.2, 0) is 16.0 Å². The number of aryl methyl sites for hydroxylation is 1. The van der Waals surface area contributed by atoms with E-state index in [0.717, 1.165) is 18.5 Å². The molecule has 0 bridgehead atoms.